The van der Waals surface area contributed by atoms with Gasteiger partial charge < -0.3 is 10.2 Å². The highest BCUT2D eigenvalue weighted by Crippen LogP contribution is 2.35. The van der Waals surface area contributed by atoms with Crippen molar-refractivity contribution in [2.45, 2.75) is 31.7 Å². The molecule has 176 valence electrons. The number of rotatable bonds is 5. The van der Waals surface area contributed by atoms with Gasteiger partial charge in [0.2, 0.25) is 5.91 Å². The van der Waals surface area contributed by atoms with E-state index >= 15 is 0 Å². The maximum atomic E-state index is 14.7. The normalized spacial score (nSPS) is 15.6. The van der Waals surface area contributed by atoms with Crippen LogP contribution in [0.5, 0.6) is 0 Å². The van der Waals surface area contributed by atoms with Crippen LogP contribution in [0.2, 0.25) is 0 Å². The predicted octanol–water partition coefficient (Wildman–Crippen LogP) is 3.20. The number of aryl methyl sites for hydroxylation is 1. The number of hydrogen-bond donors (Lipinski definition) is 1. The molecular weight excluding hydrogens is 449 g/mol. The van der Waals surface area contributed by atoms with E-state index in [1.807, 2.05) is 0 Å². The minimum atomic E-state index is -2.96. The van der Waals surface area contributed by atoms with Gasteiger partial charge in [0, 0.05) is 38.2 Å². The summed E-state index contributed by atoms with van der Waals surface area (Å²) in [4.78, 5) is 34.6. The lowest BCUT2D eigenvalue weighted by Gasteiger charge is -2.45. The average Bonchev–Trinajstić information content (AvgIpc) is 2.76. The number of carbonyl (C=O) groups is 1. The number of benzene rings is 1. The zero-order valence-corrected chi connectivity index (χ0v) is 18.6. The van der Waals surface area contributed by atoms with Crippen LogP contribution in [0, 0.1) is 17.1 Å². The first kappa shape index (κ1) is 23.2. The van der Waals surface area contributed by atoms with Gasteiger partial charge in [0.05, 0.1) is 23.1 Å². The summed E-state index contributed by atoms with van der Waals surface area (Å²) in [7, 11) is 1.51. The van der Waals surface area contributed by atoms with Gasteiger partial charge in [-0.3, -0.25) is 14.2 Å². The van der Waals surface area contributed by atoms with Gasteiger partial charge in [0.15, 0.2) is 0 Å². The minimum absolute atomic E-state index is 0.0270. The smallest absolute Gasteiger partial charge is 0.266 e. The highest BCUT2D eigenvalue weighted by molar-refractivity contribution is 5.87. The molecule has 0 bridgehead atoms. The number of nitrogens with one attached hydrogen (secondary N) is 1. The van der Waals surface area contributed by atoms with Gasteiger partial charge in [-0.2, -0.15) is 5.26 Å². The Morgan fingerprint density at radius 2 is 1.94 bits per heavy atom. The maximum Gasteiger partial charge on any atom is 0.266 e. The number of likely N-dealkylation sites (tertiary alicyclic amines) is 1. The van der Waals surface area contributed by atoms with Crippen LogP contribution in [0.4, 0.5) is 19.0 Å². The van der Waals surface area contributed by atoms with E-state index in [0.717, 1.165) is 6.07 Å². The summed E-state index contributed by atoms with van der Waals surface area (Å²) in [6.07, 6.45) is -1.73. The minimum Gasteiger partial charge on any atom is -0.363 e. The summed E-state index contributed by atoms with van der Waals surface area (Å²) in [5.74, 6) is -0.964. The molecule has 8 nitrogen and oxygen atoms in total. The number of aromatic nitrogens is 3. The van der Waals surface area contributed by atoms with E-state index in [9.17, 15) is 28.0 Å². The van der Waals surface area contributed by atoms with Crippen molar-refractivity contribution >= 4 is 22.8 Å². The van der Waals surface area contributed by atoms with Gasteiger partial charge in [-0.25, -0.2) is 23.1 Å². The molecule has 1 aliphatic rings. The molecule has 1 amide bonds. The van der Waals surface area contributed by atoms with Crippen LogP contribution < -0.4 is 10.9 Å². The molecule has 1 aliphatic heterocycles. The third-order valence-electron chi connectivity index (χ3n) is 6.21. The Balaban J connectivity index is 1.79. The molecule has 0 spiro atoms. The monoisotopic (exact) mass is 470 g/mol. The second-order valence-corrected chi connectivity index (χ2v) is 8.37. The third kappa shape index (κ3) is 3.65. The van der Waals surface area contributed by atoms with E-state index in [1.165, 1.54) is 48.0 Å². The van der Waals surface area contributed by atoms with Crippen LogP contribution in [0.25, 0.3) is 11.0 Å². The van der Waals surface area contributed by atoms with Crippen LogP contribution in [-0.2, 0) is 17.3 Å². The summed E-state index contributed by atoms with van der Waals surface area (Å²) < 4.78 is 42.2. The van der Waals surface area contributed by atoms with Crippen LogP contribution in [0.15, 0.2) is 35.4 Å². The fourth-order valence-electron chi connectivity index (χ4n) is 4.21. The van der Waals surface area contributed by atoms with Crippen molar-refractivity contribution < 1.29 is 18.0 Å². The zero-order chi connectivity index (χ0) is 24.8. The highest BCUT2D eigenvalue weighted by atomic mass is 19.3. The van der Waals surface area contributed by atoms with Gasteiger partial charge in [0.25, 0.3) is 12.0 Å². The molecule has 4 rings (SSSR count). The second-order valence-electron chi connectivity index (χ2n) is 8.37. The molecular formula is C23H21F3N6O2. The van der Waals surface area contributed by atoms with Crippen LogP contribution in [0.1, 0.15) is 43.0 Å². The lowest BCUT2D eigenvalue weighted by atomic mass is 9.75. The molecule has 1 fully saturated rings. The molecule has 0 radical (unpaired) electrons. The molecule has 0 unspecified atom stereocenters. The van der Waals surface area contributed by atoms with Crippen LogP contribution in [-0.4, -0.2) is 38.4 Å². The summed E-state index contributed by atoms with van der Waals surface area (Å²) in [5, 5.41) is 13.3. The van der Waals surface area contributed by atoms with E-state index in [0.29, 0.717) is 5.39 Å². The van der Waals surface area contributed by atoms with Crippen LogP contribution in [0.3, 0.4) is 0 Å². The van der Waals surface area contributed by atoms with E-state index in [2.05, 4.69) is 21.4 Å². The summed E-state index contributed by atoms with van der Waals surface area (Å²) >= 11 is 0. The lowest BCUT2D eigenvalue weighted by Crippen LogP contribution is -2.61. The van der Waals surface area contributed by atoms with E-state index < -0.39 is 34.8 Å². The van der Waals surface area contributed by atoms with Crippen molar-refractivity contribution in [1.82, 2.24) is 19.4 Å². The van der Waals surface area contributed by atoms with Crippen molar-refractivity contribution in [3.8, 4) is 6.07 Å². The number of anilines is 1. The molecule has 11 heteroatoms. The quantitative estimate of drug-likeness (QED) is 0.614. The SMILES string of the molecule is CC(=O)N1CC(C#N)(c2cc3c(N[C@H](C)c4cccc(C(F)F)c4F)ncnc3n(C)c2=O)C1. The standard InChI is InChI=1S/C23H21F3N6O2/c1-12(14-5-4-6-15(18(14)24)19(25)26)30-20-16-7-17(22(34)31(3)21(16)29-11-28-20)23(8-27)9-32(10-23)13(2)33/h4-7,11-12,19H,9-10H2,1-3H3,(H,28,29,30)/t12-/m1/s1. The molecule has 1 atom stereocenters. The number of halogens is 3. The predicted molar refractivity (Wildman–Crippen MR) is 118 cm³/mol. The van der Waals surface area contributed by atoms with Crippen molar-refractivity contribution in [2.24, 2.45) is 7.05 Å². The first-order valence-corrected chi connectivity index (χ1v) is 10.4. The van der Waals surface area contributed by atoms with Gasteiger partial charge in [-0.15, -0.1) is 0 Å². The summed E-state index contributed by atoms with van der Waals surface area (Å²) in [6, 6.07) is 6.72. The first-order valence-electron chi connectivity index (χ1n) is 10.4. The lowest BCUT2D eigenvalue weighted by molar-refractivity contribution is -0.134. The van der Waals surface area contributed by atoms with Gasteiger partial charge in [-0.1, -0.05) is 18.2 Å². The average molecular weight is 470 g/mol. The Hall–Kier alpha value is -3.94. The Morgan fingerprint density at radius 3 is 2.56 bits per heavy atom. The molecule has 1 N–H and O–H groups in total. The van der Waals surface area contributed by atoms with E-state index in [-0.39, 0.29) is 41.6 Å². The number of amides is 1. The van der Waals surface area contributed by atoms with Gasteiger partial charge in [0.1, 0.15) is 29.0 Å². The molecule has 3 heterocycles. The molecule has 1 aromatic carbocycles. The molecule has 0 saturated carbocycles. The van der Waals surface area contributed by atoms with Gasteiger partial charge >= 0.3 is 0 Å². The van der Waals surface area contributed by atoms with Crippen molar-refractivity contribution in [1.29, 1.82) is 5.26 Å². The zero-order valence-electron chi connectivity index (χ0n) is 18.6. The number of nitriles is 1. The number of carbonyl (C=O) groups excluding carboxylic acids is 1. The largest absolute Gasteiger partial charge is 0.363 e. The number of fused-ring (bicyclic) bond motifs is 1. The number of hydrogen-bond acceptors (Lipinski definition) is 6. The van der Waals surface area contributed by atoms with E-state index in [4.69, 9.17) is 0 Å². The number of pyridine rings is 1. The van der Waals surface area contributed by atoms with E-state index in [1.54, 1.807) is 6.92 Å². The summed E-state index contributed by atoms with van der Waals surface area (Å²) in [5.41, 5.74) is -1.80. The molecule has 34 heavy (non-hydrogen) atoms. The second kappa shape index (κ2) is 8.44. The van der Waals surface area contributed by atoms with Crippen LogP contribution >= 0.6 is 0 Å². The Kier molecular flexibility index (Phi) is 5.77. The highest BCUT2D eigenvalue weighted by Gasteiger charge is 2.48. The molecule has 2 aromatic heterocycles. The Bertz CT molecular complexity index is 1390. The van der Waals surface area contributed by atoms with Crippen molar-refractivity contribution in [3.05, 3.63) is 63.5 Å². The van der Waals surface area contributed by atoms with Crippen molar-refractivity contribution in [2.75, 3.05) is 18.4 Å². The molecule has 0 aliphatic carbocycles. The maximum absolute atomic E-state index is 14.7. The number of alkyl halides is 2. The van der Waals surface area contributed by atoms with Crippen molar-refractivity contribution in [3.63, 3.8) is 0 Å². The topological polar surface area (TPSA) is 104 Å². The Labute approximate surface area is 192 Å². The molecule has 1 saturated heterocycles. The third-order valence-corrected chi connectivity index (χ3v) is 6.21. The number of nitrogens with zero attached hydrogens (tertiary/aromatic N) is 5. The molecule has 3 aromatic rings. The Morgan fingerprint density at radius 1 is 1.26 bits per heavy atom. The summed E-state index contributed by atoms with van der Waals surface area (Å²) in [6.45, 7) is 3.15. The fourth-order valence-corrected chi connectivity index (χ4v) is 4.21. The first-order chi connectivity index (χ1) is 16.1. The fraction of sp³-hybridized carbons (Fsp3) is 0.348. The van der Waals surface area contributed by atoms with Gasteiger partial charge in [-0.05, 0) is 13.0 Å².